The largest absolute Gasteiger partial charge is 0.321 e. The molecule has 1 aromatic carbocycles. The minimum Gasteiger partial charge on any atom is -0.321 e. The number of halogens is 2. The highest BCUT2D eigenvalue weighted by molar-refractivity contribution is 7.12. The Bertz CT molecular complexity index is 610. The third-order valence-electron chi connectivity index (χ3n) is 3.16. The van der Waals surface area contributed by atoms with Gasteiger partial charge in [-0.15, -0.1) is 34.5 Å². The molecular formula is C14H11Cl2NOS. The molecule has 3 rings (SSSR count). The summed E-state index contributed by atoms with van der Waals surface area (Å²) in [5.74, 6) is -0.00601. The lowest BCUT2D eigenvalue weighted by atomic mass is 10.1. The van der Waals surface area contributed by atoms with Crippen molar-refractivity contribution in [1.82, 2.24) is 0 Å². The van der Waals surface area contributed by atoms with Crippen LogP contribution in [0.25, 0.3) is 0 Å². The van der Waals surface area contributed by atoms with Gasteiger partial charge in [-0.1, -0.05) is 24.3 Å². The number of hydrogen-bond acceptors (Lipinski definition) is 2. The third kappa shape index (κ3) is 2.64. The van der Waals surface area contributed by atoms with Crippen molar-refractivity contribution in [2.45, 2.75) is 16.7 Å². The summed E-state index contributed by atoms with van der Waals surface area (Å²) in [6.45, 7) is 0. The molecule has 1 atom stereocenters. The molecule has 0 saturated heterocycles. The number of benzene rings is 1. The fourth-order valence-corrected chi connectivity index (χ4v) is 3.22. The molecule has 5 heteroatoms. The molecule has 0 spiro atoms. The topological polar surface area (TPSA) is 29.1 Å². The highest BCUT2D eigenvalue weighted by Crippen LogP contribution is 2.60. The second-order valence-corrected chi connectivity index (χ2v) is 7.03. The molecule has 1 aromatic heterocycles. The van der Waals surface area contributed by atoms with Crippen LogP contribution in [-0.2, 0) is 0 Å². The summed E-state index contributed by atoms with van der Waals surface area (Å²) in [7, 11) is 0. The van der Waals surface area contributed by atoms with Gasteiger partial charge in [-0.2, -0.15) is 0 Å². The number of para-hydroxylation sites is 1. The minimum absolute atomic E-state index is 0.0932. The third-order valence-corrected chi connectivity index (χ3v) is 4.86. The highest BCUT2D eigenvalue weighted by Gasteiger charge is 2.53. The smallest absolute Gasteiger partial charge is 0.265 e. The van der Waals surface area contributed by atoms with Crippen molar-refractivity contribution in [2.75, 3.05) is 5.32 Å². The fraction of sp³-hybridized carbons (Fsp3) is 0.214. The molecule has 2 nitrogen and oxygen atoms in total. The van der Waals surface area contributed by atoms with E-state index >= 15 is 0 Å². The Labute approximate surface area is 125 Å². The van der Waals surface area contributed by atoms with Gasteiger partial charge in [0.15, 0.2) is 0 Å². The van der Waals surface area contributed by atoms with Crippen molar-refractivity contribution in [3.63, 3.8) is 0 Å². The number of hydrogen-bond donors (Lipinski definition) is 1. The van der Waals surface area contributed by atoms with Gasteiger partial charge in [-0.25, -0.2) is 0 Å². The molecule has 0 aliphatic heterocycles. The van der Waals surface area contributed by atoms with E-state index < -0.39 is 4.33 Å². The quantitative estimate of drug-likeness (QED) is 0.820. The Balaban J connectivity index is 1.84. The summed E-state index contributed by atoms with van der Waals surface area (Å²) >= 11 is 13.6. The van der Waals surface area contributed by atoms with Gasteiger partial charge in [-0.3, -0.25) is 4.79 Å². The van der Waals surface area contributed by atoms with E-state index in [9.17, 15) is 4.79 Å². The first-order chi connectivity index (χ1) is 9.08. The fourth-order valence-electron chi connectivity index (χ4n) is 2.06. The van der Waals surface area contributed by atoms with Gasteiger partial charge in [0, 0.05) is 11.6 Å². The number of carbonyl (C=O) groups excluding carboxylic acids is 1. The lowest BCUT2D eigenvalue weighted by molar-refractivity contribution is 0.103. The molecule has 2 aromatic rings. The second kappa shape index (κ2) is 4.82. The van der Waals surface area contributed by atoms with E-state index in [2.05, 4.69) is 5.32 Å². The molecule has 1 N–H and O–H groups in total. The van der Waals surface area contributed by atoms with Gasteiger partial charge >= 0.3 is 0 Å². The average Bonchev–Trinajstić information content (AvgIpc) is 2.83. The number of alkyl halides is 2. The summed E-state index contributed by atoms with van der Waals surface area (Å²) in [5.41, 5.74) is 1.78. The standard InChI is InChI=1S/C14H11Cl2NOS/c15-14(16)8-10(14)9-4-1-2-5-11(9)17-13(18)12-6-3-7-19-12/h1-7,10H,8H2,(H,17,18)/t10-/m0/s1. The maximum atomic E-state index is 12.1. The van der Waals surface area contributed by atoms with Gasteiger partial charge in [0.05, 0.1) is 4.88 Å². The van der Waals surface area contributed by atoms with Gasteiger partial charge in [0.2, 0.25) is 0 Å². The first kappa shape index (κ1) is 13.0. The summed E-state index contributed by atoms with van der Waals surface area (Å²) in [5, 5.41) is 4.81. The van der Waals surface area contributed by atoms with E-state index in [1.54, 1.807) is 6.07 Å². The molecule has 1 aliphatic carbocycles. The monoisotopic (exact) mass is 311 g/mol. The zero-order valence-corrected chi connectivity index (χ0v) is 12.2. The van der Waals surface area contributed by atoms with E-state index in [0.717, 1.165) is 17.7 Å². The lowest BCUT2D eigenvalue weighted by Gasteiger charge is -2.10. The number of nitrogens with one attached hydrogen (secondary N) is 1. The van der Waals surface area contributed by atoms with Crippen LogP contribution < -0.4 is 5.32 Å². The predicted molar refractivity (Wildman–Crippen MR) is 80.5 cm³/mol. The molecule has 1 fully saturated rings. The highest BCUT2D eigenvalue weighted by atomic mass is 35.5. The van der Waals surface area contributed by atoms with Crippen LogP contribution >= 0.6 is 34.5 Å². The van der Waals surface area contributed by atoms with Crippen molar-refractivity contribution in [2.24, 2.45) is 0 Å². The van der Waals surface area contributed by atoms with Gasteiger partial charge in [0.25, 0.3) is 5.91 Å². The molecule has 1 aliphatic rings. The number of rotatable bonds is 3. The van der Waals surface area contributed by atoms with Crippen LogP contribution in [0.4, 0.5) is 5.69 Å². The first-order valence-corrected chi connectivity index (χ1v) is 7.53. The van der Waals surface area contributed by atoms with Crippen molar-refractivity contribution in [3.8, 4) is 0 Å². The Morgan fingerprint density at radius 1 is 1.26 bits per heavy atom. The zero-order chi connectivity index (χ0) is 13.5. The molecule has 0 unspecified atom stereocenters. The summed E-state index contributed by atoms with van der Waals surface area (Å²) in [6, 6.07) is 11.3. The SMILES string of the molecule is O=C(Nc1ccccc1[C@@H]1CC1(Cl)Cl)c1cccs1. The molecule has 1 heterocycles. The first-order valence-electron chi connectivity index (χ1n) is 5.89. The van der Waals surface area contributed by atoms with Gasteiger partial charge in [0.1, 0.15) is 4.33 Å². The normalized spacial score (nSPS) is 20.0. The van der Waals surface area contributed by atoms with Crippen LogP contribution in [0, 0.1) is 0 Å². The Morgan fingerprint density at radius 3 is 2.63 bits per heavy atom. The van der Waals surface area contributed by atoms with Crippen LogP contribution in [0.15, 0.2) is 41.8 Å². The number of carbonyl (C=O) groups is 1. The molecular weight excluding hydrogens is 301 g/mol. The van der Waals surface area contributed by atoms with Crippen molar-refractivity contribution in [1.29, 1.82) is 0 Å². The molecule has 19 heavy (non-hydrogen) atoms. The van der Waals surface area contributed by atoms with Crippen LogP contribution in [0.2, 0.25) is 0 Å². The van der Waals surface area contributed by atoms with Crippen molar-refractivity contribution in [3.05, 3.63) is 52.2 Å². The summed E-state index contributed by atoms with van der Waals surface area (Å²) < 4.78 is -0.691. The second-order valence-electron chi connectivity index (χ2n) is 4.54. The van der Waals surface area contributed by atoms with E-state index in [-0.39, 0.29) is 11.8 Å². The van der Waals surface area contributed by atoms with Crippen LogP contribution in [0.1, 0.15) is 27.6 Å². The molecule has 1 saturated carbocycles. The number of amides is 1. The van der Waals surface area contributed by atoms with Crippen molar-refractivity contribution < 1.29 is 4.79 Å². The molecule has 98 valence electrons. The molecule has 0 bridgehead atoms. The Hall–Kier alpha value is -1.03. The van der Waals surface area contributed by atoms with E-state index in [0.29, 0.717) is 4.88 Å². The van der Waals surface area contributed by atoms with Gasteiger partial charge in [-0.05, 0) is 29.5 Å². The van der Waals surface area contributed by atoms with E-state index in [1.165, 1.54) is 11.3 Å². The van der Waals surface area contributed by atoms with Crippen LogP contribution in [0.3, 0.4) is 0 Å². The minimum atomic E-state index is -0.691. The van der Waals surface area contributed by atoms with Crippen molar-refractivity contribution >= 4 is 46.1 Å². The number of thiophene rings is 1. The maximum Gasteiger partial charge on any atom is 0.265 e. The summed E-state index contributed by atoms with van der Waals surface area (Å²) in [6.07, 6.45) is 0.724. The maximum absolute atomic E-state index is 12.1. The Morgan fingerprint density at radius 2 is 2.00 bits per heavy atom. The summed E-state index contributed by atoms with van der Waals surface area (Å²) in [4.78, 5) is 12.8. The molecule has 1 amide bonds. The van der Waals surface area contributed by atoms with E-state index in [4.69, 9.17) is 23.2 Å². The van der Waals surface area contributed by atoms with Gasteiger partial charge < -0.3 is 5.32 Å². The zero-order valence-electron chi connectivity index (χ0n) is 9.90. The van der Waals surface area contributed by atoms with E-state index in [1.807, 2.05) is 35.7 Å². The number of anilines is 1. The average molecular weight is 312 g/mol. The Kier molecular flexibility index (Phi) is 3.29. The molecule has 0 radical (unpaired) electrons. The predicted octanol–water partition coefficient (Wildman–Crippen LogP) is 4.66. The lowest BCUT2D eigenvalue weighted by Crippen LogP contribution is -2.12. The van der Waals surface area contributed by atoms with Crippen LogP contribution in [0.5, 0.6) is 0 Å². The van der Waals surface area contributed by atoms with Crippen LogP contribution in [-0.4, -0.2) is 10.2 Å².